The van der Waals surface area contributed by atoms with Crippen LogP contribution in [0.15, 0.2) is 43.0 Å². The summed E-state index contributed by atoms with van der Waals surface area (Å²) in [5.74, 6) is -2.19. The van der Waals surface area contributed by atoms with Gasteiger partial charge in [0.05, 0.1) is 11.8 Å². The third kappa shape index (κ3) is 9.88. The highest BCUT2D eigenvalue weighted by atomic mass is 32.2. The molecule has 59 heavy (non-hydrogen) atoms. The first-order valence-corrected chi connectivity index (χ1v) is 21.9. The largest absolute Gasteiger partial charge is 0.472 e. The highest BCUT2D eigenvalue weighted by molar-refractivity contribution is 7.91. The van der Waals surface area contributed by atoms with Gasteiger partial charge in [-0.2, -0.15) is 9.97 Å². The van der Waals surface area contributed by atoms with Gasteiger partial charge in [0.1, 0.15) is 41.5 Å². The van der Waals surface area contributed by atoms with E-state index in [9.17, 15) is 32.0 Å². The number of ether oxygens (including phenoxy) is 2. The lowest BCUT2D eigenvalue weighted by Crippen LogP contribution is -2.60. The zero-order valence-corrected chi connectivity index (χ0v) is 34.5. The van der Waals surface area contributed by atoms with E-state index in [-0.39, 0.29) is 37.3 Å². The first kappa shape index (κ1) is 42.1. The Morgan fingerprint density at radius 1 is 1.03 bits per heavy atom. The number of anilines is 3. The van der Waals surface area contributed by atoms with Crippen molar-refractivity contribution in [3.63, 3.8) is 0 Å². The van der Waals surface area contributed by atoms with Gasteiger partial charge in [-0.3, -0.25) is 19.1 Å². The molecule has 1 aromatic carbocycles. The summed E-state index contributed by atoms with van der Waals surface area (Å²) in [5.41, 5.74) is -1.88. The maximum absolute atomic E-state index is 14.7. The van der Waals surface area contributed by atoms with Crippen molar-refractivity contribution in [1.82, 2.24) is 35.5 Å². The molecule has 2 aliphatic heterocycles. The van der Waals surface area contributed by atoms with E-state index in [4.69, 9.17) is 14.5 Å². The van der Waals surface area contributed by atoms with Crippen molar-refractivity contribution in [2.75, 3.05) is 42.9 Å². The van der Waals surface area contributed by atoms with E-state index < -0.39 is 80.0 Å². The Bertz CT molecular complexity index is 2030. The van der Waals surface area contributed by atoms with Gasteiger partial charge in [-0.15, -0.1) is 6.58 Å². The van der Waals surface area contributed by atoms with Crippen LogP contribution in [0, 0.1) is 17.2 Å². The van der Waals surface area contributed by atoms with Crippen molar-refractivity contribution < 1.29 is 41.5 Å². The van der Waals surface area contributed by atoms with Crippen LogP contribution in [0.5, 0.6) is 5.88 Å². The molecule has 0 spiro atoms. The van der Waals surface area contributed by atoms with Crippen molar-refractivity contribution in [2.45, 2.75) is 107 Å². The number of hydrogen-bond donors (Lipinski definition) is 5. The molecular formula is C40H54FN9O8S. The van der Waals surface area contributed by atoms with Gasteiger partial charge in [0, 0.05) is 50.3 Å². The molecule has 0 bridgehead atoms. The Hall–Kier alpha value is -5.04. The van der Waals surface area contributed by atoms with E-state index in [2.05, 4.69) is 42.5 Å². The van der Waals surface area contributed by atoms with Crippen LogP contribution in [0.2, 0.25) is 0 Å². The number of aromatic nitrogens is 2. The summed E-state index contributed by atoms with van der Waals surface area (Å²) in [5, 5.41) is 11.3. The summed E-state index contributed by atoms with van der Waals surface area (Å²) >= 11 is 0. The number of sulfonamides is 1. The zero-order chi connectivity index (χ0) is 42.1. The molecule has 0 unspecified atom stereocenters. The highest BCUT2D eigenvalue weighted by Crippen LogP contribution is 2.45. The van der Waals surface area contributed by atoms with Crippen molar-refractivity contribution >= 4 is 51.3 Å². The molecule has 0 radical (unpaired) electrons. The van der Waals surface area contributed by atoms with Gasteiger partial charge in [-0.1, -0.05) is 26.8 Å². The molecule has 17 nitrogen and oxygen atoms in total. The quantitative estimate of drug-likeness (QED) is 0.174. The number of likely N-dealkylation sites (tertiary alicyclic amines) is 1. The Labute approximate surface area is 343 Å². The SMILES string of the molecule is C=C[C@@H]1C[C@]1(NC(=O)[C@@H]1C[C@@H](Oc2cc(N3CCNCC3)nc(Nc3ccc(F)cc3)n2)CN1C(=O)[C@@H](NC(=O)OC1CCCC1)C(C)(C)C)C(=O)NS(=O)(=O)C1CC1. The van der Waals surface area contributed by atoms with Crippen LogP contribution in [-0.4, -0.2) is 115 Å². The number of carbonyl (C=O) groups excluding carboxylic acids is 4. The van der Waals surface area contributed by atoms with Gasteiger partial charge in [0.25, 0.3) is 5.91 Å². The molecule has 5 atom stereocenters. The number of halogens is 1. The van der Waals surface area contributed by atoms with Gasteiger partial charge >= 0.3 is 6.09 Å². The van der Waals surface area contributed by atoms with Crippen LogP contribution in [-0.2, 0) is 29.1 Å². The first-order valence-electron chi connectivity index (χ1n) is 20.4. The van der Waals surface area contributed by atoms with Crippen LogP contribution >= 0.6 is 0 Å². The minimum Gasteiger partial charge on any atom is -0.472 e. The van der Waals surface area contributed by atoms with E-state index in [0.29, 0.717) is 37.4 Å². The molecule has 19 heteroatoms. The zero-order valence-electron chi connectivity index (χ0n) is 33.7. The summed E-state index contributed by atoms with van der Waals surface area (Å²) in [6, 6.07) is 5.07. The average molecular weight is 840 g/mol. The van der Waals surface area contributed by atoms with Crippen molar-refractivity contribution in [1.29, 1.82) is 0 Å². The van der Waals surface area contributed by atoms with Gasteiger partial charge in [-0.25, -0.2) is 17.6 Å². The van der Waals surface area contributed by atoms with E-state index >= 15 is 0 Å². The topological polar surface area (TPSA) is 213 Å². The third-order valence-corrected chi connectivity index (χ3v) is 13.4. The van der Waals surface area contributed by atoms with Crippen molar-refractivity contribution in [3.8, 4) is 5.88 Å². The predicted molar refractivity (Wildman–Crippen MR) is 216 cm³/mol. The number of carbonyl (C=O) groups is 4. The highest BCUT2D eigenvalue weighted by Gasteiger charge is 2.62. The van der Waals surface area contributed by atoms with Crippen molar-refractivity contribution in [2.24, 2.45) is 11.3 Å². The van der Waals surface area contributed by atoms with Crippen molar-refractivity contribution in [3.05, 3.63) is 48.8 Å². The number of nitrogens with zero attached hydrogens (tertiary/aromatic N) is 4. The molecule has 3 aliphatic carbocycles. The fourth-order valence-corrected chi connectivity index (χ4v) is 9.30. The second-order valence-electron chi connectivity index (χ2n) is 17.2. The Morgan fingerprint density at radius 2 is 1.73 bits per heavy atom. The van der Waals surface area contributed by atoms with Crippen LogP contribution in [0.4, 0.5) is 26.6 Å². The molecule has 2 saturated heterocycles. The first-order chi connectivity index (χ1) is 28.0. The number of hydrogen-bond acceptors (Lipinski definition) is 13. The third-order valence-electron chi connectivity index (χ3n) is 11.6. The molecule has 3 heterocycles. The lowest BCUT2D eigenvalue weighted by molar-refractivity contribution is -0.143. The summed E-state index contributed by atoms with van der Waals surface area (Å²) in [6.45, 7) is 11.8. The molecule has 320 valence electrons. The van der Waals surface area contributed by atoms with Gasteiger partial charge < -0.3 is 40.5 Å². The Kier molecular flexibility index (Phi) is 12.1. The summed E-state index contributed by atoms with van der Waals surface area (Å²) in [4.78, 5) is 68.6. The lowest BCUT2D eigenvalue weighted by Gasteiger charge is -2.35. The van der Waals surface area contributed by atoms with Crippen LogP contribution in [0.25, 0.3) is 0 Å². The van der Waals surface area contributed by atoms with Crippen LogP contribution < -0.4 is 35.6 Å². The number of piperazine rings is 1. The van der Waals surface area contributed by atoms with Gasteiger partial charge in [0.15, 0.2) is 0 Å². The second-order valence-corrected chi connectivity index (χ2v) is 19.1. The number of rotatable bonds is 14. The number of amides is 4. The Morgan fingerprint density at radius 3 is 2.36 bits per heavy atom. The smallest absolute Gasteiger partial charge is 0.408 e. The van der Waals surface area contributed by atoms with E-state index in [1.165, 1.54) is 23.1 Å². The molecule has 5 aliphatic rings. The van der Waals surface area contributed by atoms with Crippen LogP contribution in [0.1, 0.15) is 72.1 Å². The summed E-state index contributed by atoms with van der Waals surface area (Å²) in [6.07, 6.45) is 4.02. The molecule has 7 rings (SSSR count). The Balaban J connectivity index is 1.16. The van der Waals surface area contributed by atoms with E-state index in [1.54, 1.807) is 39.0 Å². The maximum Gasteiger partial charge on any atom is 0.408 e. The minimum atomic E-state index is -3.93. The summed E-state index contributed by atoms with van der Waals surface area (Å²) in [7, 11) is -3.93. The molecule has 1 aromatic heterocycles. The van der Waals surface area contributed by atoms with E-state index in [0.717, 1.165) is 38.8 Å². The molecule has 2 aromatic rings. The van der Waals surface area contributed by atoms with E-state index in [1.807, 2.05) is 0 Å². The molecule has 5 fully saturated rings. The maximum atomic E-state index is 14.7. The molecule has 3 saturated carbocycles. The molecule has 4 amide bonds. The lowest BCUT2D eigenvalue weighted by atomic mass is 9.85. The second kappa shape index (κ2) is 16.9. The monoisotopic (exact) mass is 839 g/mol. The fourth-order valence-electron chi connectivity index (χ4n) is 7.94. The normalized spacial score (nSPS) is 25.1. The van der Waals surface area contributed by atoms with Gasteiger partial charge in [-0.05, 0) is 74.6 Å². The molecule has 5 N–H and O–H groups in total. The standard InChI is InChI=1S/C40H54FN9O8S/c1-5-24-22-40(24,36(53)48-59(55,56)29-14-15-29)47-34(51)30-20-28(23-50(30)35(52)33(39(2,3)4)46-38(54)58-27-8-6-7-9-27)57-32-21-31(49-18-16-42-17-19-49)44-37(45-32)43-26-12-10-25(41)11-13-26/h5,10-13,21,24,27-30,33,42H,1,6-9,14-20,22-23H2,2-4H3,(H,46,54)(H,47,51)(H,48,53)(H,43,44,45)/t24-,28-,30+,33-,40-/m1/s1. The van der Waals surface area contributed by atoms with Gasteiger partial charge in [0.2, 0.25) is 33.7 Å². The fraction of sp³-hybridized carbons (Fsp3) is 0.600. The number of alkyl carbamates (subject to hydrolysis) is 1. The molecular weight excluding hydrogens is 786 g/mol. The average Bonchev–Trinajstić information content (AvgIpc) is 4.08. The van der Waals surface area contributed by atoms with Crippen LogP contribution in [0.3, 0.4) is 0 Å². The predicted octanol–water partition coefficient (Wildman–Crippen LogP) is 2.87. The number of nitrogens with one attached hydrogen (secondary N) is 5. The minimum absolute atomic E-state index is 0.0362. The number of benzene rings is 1. The summed E-state index contributed by atoms with van der Waals surface area (Å²) < 4.78 is 53.6.